The maximum Gasteiger partial charge on any atom is 0.239 e. The molecule has 126 valence electrons. The number of nitrogens with one attached hydrogen (secondary N) is 2. The van der Waals surface area contributed by atoms with Gasteiger partial charge in [-0.3, -0.25) is 14.9 Å². The van der Waals surface area contributed by atoms with Gasteiger partial charge in [0.2, 0.25) is 16.9 Å². The predicted octanol–water partition coefficient (Wildman–Crippen LogP) is 3.31. The SMILES string of the molecule is Cc1nnc(NC(=O)C(C)Sc2cccc(NC(=O)C3CC3)c2)s1. The van der Waals surface area contributed by atoms with E-state index in [2.05, 4.69) is 20.8 Å². The maximum atomic E-state index is 12.2. The number of carbonyl (C=O) groups excluding carboxylic acids is 2. The van der Waals surface area contributed by atoms with E-state index in [1.165, 1.54) is 23.1 Å². The van der Waals surface area contributed by atoms with Gasteiger partial charge in [0, 0.05) is 16.5 Å². The highest BCUT2D eigenvalue weighted by Crippen LogP contribution is 2.31. The molecule has 1 saturated carbocycles. The van der Waals surface area contributed by atoms with E-state index in [1.807, 2.05) is 38.1 Å². The minimum absolute atomic E-state index is 0.0783. The summed E-state index contributed by atoms with van der Waals surface area (Å²) in [5.74, 6) is 0.125. The zero-order valence-corrected chi connectivity index (χ0v) is 15.0. The quantitative estimate of drug-likeness (QED) is 0.770. The van der Waals surface area contributed by atoms with E-state index < -0.39 is 0 Å². The van der Waals surface area contributed by atoms with Crippen LogP contribution in [0.4, 0.5) is 10.8 Å². The average Bonchev–Trinajstić information content (AvgIpc) is 3.31. The number of aryl methyl sites for hydroxylation is 1. The molecule has 1 heterocycles. The molecule has 0 spiro atoms. The number of hydrogen-bond donors (Lipinski definition) is 2. The third-order valence-corrected chi connectivity index (χ3v) is 5.34. The zero-order chi connectivity index (χ0) is 17.1. The summed E-state index contributed by atoms with van der Waals surface area (Å²) in [7, 11) is 0. The van der Waals surface area contributed by atoms with Crippen molar-refractivity contribution in [2.24, 2.45) is 5.92 Å². The molecule has 2 N–H and O–H groups in total. The Morgan fingerprint density at radius 1 is 1.29 bits per heavy atom. The first-order valence-corrected chi connectivity index (χ1v) is 9.39. The van der Waals surface area contributed by atoms with Gasteiger partial charge in [-0.2, -0.15) is 0 Å². The summed E-state index contributed by atoms with van der Waals surface area (Å²) in [6.45, 7) is 3.68. The number of anilines is 2. The zero-order valence-electron chi connectivity index (χ0n) is 13.4. The standard InChI is InChI=1S/C16H18N4O2S2/c1-9(14(21)18-16-20-19-10(2)24-16)23-13-5-3-4-12(8-13)17-15(22)11-6-7-11/h3-5,8-9,11H,6-7H2,1-2H3,(H,17,22)(H,18,20,21). The molecular formula is C16H18N4O2S2. The molecule has 2 aromatic rings. The molecule has 8 heteroatoms. The maximum absolute atomic E-state index is 12.2. The summed E-state index contributed by atoms with van der Waals surface area (Å²) in [6, 6.07) is 7.56. The van der Waals surface area contributed by atoms with Gasteiger partial charge in [0.05, 0.1) is 5.25 Å². The second-order valence-electron chi connectivity index (χ2n) is 5.67. The highest BCUT2D eigenvalue weighted by molar-refractivity contribution is 8.00. The smallest absolute Gasteiger partial charge is 0.239 e. The van der Waals surface area contributed by atoms with Crippen LogP contribution >= 0.6 is 23.1 Å². The lowest BCUT2D eigenvalue weighted by Gasteiger charge is -2.11. The number of carbonyl (C=O) groups is 2. The molecule has 0 saturated heterocycles. The normalized spacial score (nSPS) is 14.9. The summed E-state index contributed by atoms with van der Waals surface area (Å²) < 4.78 is 0. The van der Waals surface area contributed by atoms with Crippen molar-refractivity contribution in [1.82, 2.24) is 10.2 Å². The Balaban J connectivity index is 1.57. The molecule has 1 fully saturated rings. The second kappa shape index (κ2) is 7.31. The molecule has 1 aromatic carbocycles. The third kappa shape index (κ3) is 4.55. The molecule has 3 rings (SSSR count). The number of amides is 2. The van der Waals surface area contributed by atoms with Crippen molar-refractivity contribution < 1.29 is 9.59 Å². The Hall–Kier alpha value is -1.93. The van der Waals surface area contributed by atoms with E-state index in [4.69, 9.17) is 0 Å². The monoisotopic (exact) mass is 362 g/mol. The number of thioether (sulfide) groups is 1. The number of rotatable bonds is 6. The Labute approximate surface area is 148 Å². The van der Waals surface area contributed by atoms with Crippen LogP contribution in [0.3, 0.4) is 0 Å². The summed E-state index contributed by atoms with van der Waals surface area (Å²) in [5, 5.41) is 14.5. The van der Waals surface area contributed by atoms with E-state index in [1.54, 1.807) is 0 Å². The van der Waals surface area contributed by atoms with Gasteiger partial charge in [0.25, 0.3) is 0 Å². The number of benzene rings is 1. The van der Waals surface area contributed by atoms with E-state index in [0.29, 0.717) is 5.13 Å². The Morgan fingerprint density at radius 3 is 2.75 bits per heavy atom. The molecule has 1 atom stereocenters. The van der Waals surface area contributed by atoms with Crippen molar-refractivity contribution in [3.05, 3.63) is 29.3 Å². The van der Waals surface area contributed by atoms with E-state index >= 15 is 0 Å². The van der Waals surface area contributed by atoms with Gasteiger partial charge in [0.1, 0.15) is 5.01 Å². The molecular weight excluding hydrogens is 344 g/mol. The molecule has 24 heavy (non-hydrogen) atoms. The fourth-order valence-corrected chi connectivity index (χ4v) is 3.57. The van der Waals surface area contributed by atoms with Crippen molar-refractivity contribution in [3.8, 4) is 0 Å². The van der Waals surface area contributed by atoms with Crippen molar-refractivity contribution >= 4 is 45.7 Å². The molecule has 0 bridgehead atoms. The van der Waals surface area contributed by atoms with E-state index in [9.17, 15) is 9.59 Å². The summed E-state index contributed by atoms with van der Waals surface area (Å²) >= 11 is 2.78. The highest BCUT2D eigenvalue weighted by atomic mass is 32.2. The van der Waals surface area contributed by atoms with Crippen LogP contribution in [0.1, 0.15) is 24.8 Å². The van der Waals surface area contributed by atoms with Crippen LogP contribution in [0.2, 0.25) is 0 Å². The molecule has 1 aliphatic carbocycles. The van der Waals surface area contributed by atoms with Crippen molar-refractivity contribution in [2.45, 2.75) is 36.8 Å². The first kappa shape index (κ1) is 16.9. The molecule has 1 unspecified atom stereocenters. The minimum atomic E-state index is -0.288. The Bertz CT molecular complexity index is 758. The van der Waals surface area contributed by atoms with Gasteiger partial charge >= 0.3 is 0 Å². The average molecular weight is 362 g/mol. The Kier molecular flexibility index (Phi) is 5.15. The summed E-state index contributed by atoms with van der Waals surface area (Å²) in [5.41, 5.74) is 0.768. The second-order valence-corrected chi connectivity index (χ2v) is 8.26. The topological polar surface area (TPSA) is 84.0 Å². The largest absolute Gasteiger partial charge is 0.326 e. The molecule has 0 radical (unpaired) electrons. The van der Waals surface area contributed by atoms with Crippen LogP contribution in [0.15, 0.2) is 29.2 Å². The van der Waals surface area contributed by atoms with Crippen LogP contribution in [-0.4, -0.2) is 27.3 Å². The van der Waals surface area contributed by atoms with Crippen LogP contribution in [0.5, 0.6) is 0 Å². The van der Waals surface area contributed by atoms with Crippen molar-refractivity contribution in [2.75, 3.05) is 10.6 Å². The predicted molar refractivity (Wildman–Crippen MR) is 96.4 cm³/mol. The molecule has 1 aliphatic rings. The molecule has 1 aromatic heterocycles. The number of aromatic nitrogens is 2. The van der Waals surface area contributed by atoms with Gasteiger partial charge in [-0.15, -0.1) is 22.0 Å². The lowest BCUT2D eigenvalue weighted by molar-refractivity contribution is -0.117. The fraction of sp³-hybridized carbons (Fsp3) is 0.375. The van der Waals surface area contributed by atoms with Gasteiger partial charge in [0.15, 0.2) is 0 Å². The van der Waals surface area contributed by atoms with Crippen molar-refractivity contribution in [1.29, 1.82) is 0 Å². The van der Waals surface area contributed by atoms with Crippen LogP contribution < -0.4 is 10.6 Å². The lowest BCUT2D eigenvalue weighted by atomic mass is 10.3. The first-order chi connectivity index (χ1) is 11.5. The van der Waals surface area contributed by atoms with Crippen LogP contribution in [-0.2, 0) is 9.59 Å². The highest BCUT2D eigenvalue weighted by Gasteiger charge is 2.29. The number of nitrogens with zero attached hydrogens (tertiary/aromatic N) is 2. The lowest BCUT2D eigenvalue weighted by Crippen LogP contribution is -2.22. The van der Waals surface area contributed by atoms with Crippen LogP contribution in [0, 0.1) is 12.8 Å². The fourth-order valence-electron chi connectivity index (χ4n) is 2.05. The van der Waals surface area contributed by atoms with E-state index in [-0.39, 0.29) is 23.0 Å². The van der Waals surface area contributed by atoms with Crippen molar-refractivity contribution in [3.63, 3.8) is 0 Å². The van der Waals surface area contributed by atoms with Crippen LogP contribution in [0.25, 0.3) is 0 Å². The van der Waals surface area contributed by atoms with Gasteiger partial charge in [-0.05, 0) is 44.9 Å². The first-order valence-electron chi connectivity index (χ1n) is 7.70. The molecule has 2 amide bonds. The summed E-state index contributed by atoms with van der Waals surface area (Å²) in [4.78, 5) is 25.0. The molecule has 0 aliphatic heterocycles. The van der Waals surface area contributed by atoms with Gasteiger partial charge < -0.3 is 5.32 Å². The number of hydrogen-bond acceptors (Lipinski definition) is 6. The molecule has 6 nitrogen and oxygen atoms in total. The Morgan fingerprint density at radius 2 is 2.08 bits per heavy atom. The van der Waals surface area contributed by atoms with Gasteiger partial charge in [-0.1, -0.05) is 17.4 Å². The van der Waals surface area contributed by atoms with Gasteiger partial charge in [-0.25, -0.2) is 0 Å². The minimum Gasteiger partial charge on any atom is -0.326 e. The summed E-state index contributed by atoms with van der Waals surface area (Å²) in [6.07, 6.45) is 1.95. The van der Waals surface area contributed by atoms with E-state index in [0.717, 1.165) is 28.4 Å². The third-order valence-electron chi connectivity index (χ3n) is 3.49.